The lowest BCUT2D eigenvalue weighted by Gasteiger charge is -2.16. The van der Waals surface area contributed by atoms with E-state index in [0.29, 0.717) is 16.5 Å². The van der Waals surface area contributed by atoms with Gasteiger partial charge >= 0.3 is 0 Å². The Bertz CT molecular complexity index is 995. The average Bonchev–Trinajstić information content (AvgIpc) is 2.97. The first-order valence-electron chi connectivity index (χ1n) is 7.46. The fourth-order valence-corrected chi connectivity index (χ4v) is 3.72. The van der Waals surface area contributed by atoms with Gasteiger partial charge in [-0.3, -0.25) is 5.10 Å². The summed E-state index contributed by atoms with van der Waals surface area (Å²) in [4.78, 5) is 4.49. The number of H-pyrrole nitrogens is 1. The Kier molecular flexibility index (Phi) is 3.96. The first kappa shape index (κ1) is 17.0. The van der Waals surface area contributed by atoms with E-state index >= 15 is 0 Å². The van der Waals surface area contributed by atoms with Gasteiger partial charge in [-0.1, -0.05) is 56.6 Å². The van der Waals surface area contributed by atoms with E-state index in [1.165, 1.54) is 6.26 Å². The van der Waals surface area contributed by atoms with Gasteiger partial charge < -0.3 is 0 Å². The highest BCUT2D eigenvalue weighted by molar-refractivity contribution is 7.89. The summed E-state index contributed by atoms with van der Waals surface area (Å²) in [6.07, 6.45) is 1.22. The molecule has 3 aromatic rings. The van der Waals surface area contributed by atoms with Crippen molar-refractivity contribution >= 4 is 27.1 Å². The van der Waals surface area contributed by atoms with E-state index < -0.39 is 9.84 Å². The fraction of sp³-hybridized carbons (Fsp3) is 0.375. The Labute approximate surface area is 145 Å². The Hall–Kier alpha value is -1.86. The molecule has 0 radical (unpaired) electrons. The third-order valence-electron chi connectivity index (χ3n) is 3.63. The number of aromatic amines is 1. The zero-order valence-corrected chi connectivity index (χ0v) is 15.5. The summed E-state index contributed by atoms with van der Waals surface area (Å²) in [7, 11) is -3.05. The molecule has 0 amide bonds. The SMILES string of the molecule is CC(C)(C)c1[nH]n2nc(-c3ccc(CS(C)(=O)=O)cc3)nc2c1Cl. The van der Waals surface area contributed by atoms with Crippen LogP contribution in [-0.4, -0.2) is 34.5 Å². The summed E-state index contributed by atoms with van der Waals surface area (Å²) < 4.78 is 24.3. The van der Waals surface area contributed by atoms with Gasteiger partial charge in [0.25, 0.3) is 0 Å². The summed E-state index contributed by atoms with van der Waals surface area (Å²) in [5, 5.41) is 8.16. The van der Waals surface area contributed by atoms with Gasteiger partial charge in [0.1, 0.15) is 5.02 Å². The molecule has 2 heterocycles. The molecule has 0 saturated carbocycles. The monoisotopic (exact) mass is 366 g/mol. The topological polar surface area (TPSA) is 80.1 Å². The highest BCUT2D eigenvalue weighted by atomic mass is 35.5. The van der Waals surface area contributed by atoms with Crippen LogP contribution in [0.3, 0.4) is 0 Å². The van der Waals surface area contributed by atoms with Gasteiger partial charge in [-0.05, 0) is 5.56 Å². The molecule has 0 saturated heterocycles. The summed E-state index contributed by atoms with van der Waals surface area (Å²) >= 11 is 6.42. The van der Waals surface area contributed by atoms with Crippen molar-refractivity contribution in [1.29, 1.82) is 0 Å². The molecular weight excluding hydrogens is 348 g/mol. The van der Waals surface area contributed by atoms with E-state index in [2.05, 4.69) is 36.0 Å². The largest absolute Gasteiger partial charge is 0.278 e. The van der Waals surface area contributed by atoms with Crippen molar-refractivity contribution in [3.8, 4) is 11.4 Å². The maximum absolute atomic E-state index is 11.3. The van der Waals surface area contributed by atoms with Gasteiger partial charge in [0.2, 0.25) is 0 Å². The molecule has 3 rings (SSSR count). The Morgan fingerprint density at radius 3 is 2.33 bits per heavy atom. The lowest BCUT2D eigenvalue weighted by atomic mass is 9.92. The lowest BCUT2D eigenvalue weighted by molar-refractivity contribution is 0.557. The molecule has 0 fully saturated rings. The molecule has 0 unspecified atom stereocenters. The lowest BCUT2D eigenvalue weighted by Crippen LogP contribution is -2.12. The highest BCUT2D eigenvalue weighted by Crippen LogP contribution is 2.31. The Morgan fingerprint density at radius 1 is 1.21 bits per heavy atom. The molecule has 2 aromatic heterocycles. The molecular formula is C16H19ClN4O2S. The van der Waals surface area contributed by atoms with E-state index in [1.54, 1.807) is 16.8 Å². The summed E-state index contributed by atoms with van der Waals surface area (Å²) in [6.45, 7) is 6.18. The minimum Gasteiger partial charge on any atom is -0.278 e. The zero-order chi connectivity index (χ0) is 17.7. The molecule has 0 bridgehead atoms. The number of hydrogen-bond acceptors (Lipinski definition) is 4. The molecule has 1 aromatic carbocycles. The second-order valence-corrected chi connectivity index (χ2v) is 9.51. The molecule has 0 aliphatic heterocycles. The van der Waals surface area contributed by atoms with Gasteiger partial charge in [-0.25, -0.2) is 13.4 Å². The number of sulfone groups is 1. The molecule has 1 N–H and O–H groups in total. The Morgan fingerprint density at radius 2 is 1.83 bits per heavy atom. The van der Waals surface area contributed by atoms with Crippen molar-refractivity contribution < 1.29 is 8.42 Å². The van der Waals surface area contributed by atoms with E-state index in [0.717, 1.165) is 16.8 Å². The van der Waals surface area contributed by atoms with Crippen LogP contribution in [-0.2, 0) is 21.0 Å². The molecule has 0 spiro atoms. The number of benzene rings is 1. The van der Waals surface area contributed by atoms with Crippen molar-refractivity contribution in [2.45, 2.75) is 31.9 Å². The van der Waals surface area contributed by atoms with Crippen LogP contribution >= 0.6 is 11.6 Å². The van der Waals surface area contributed by atoms with Gasteiger partial charge in [-0.2, -0.15) is 4.63 Å². The van der Waals surface area contributed by atoms with Crippen LogP contribution in [0.5, 0.6) is 0 Å². The van der Waals surface area contributed by atoms with Gasteiger partial charge in [-0.15, -0.1) is 5.10 Å². The minimum absolute atomic E-state index is 0.0193. The fourth-order valence-electron chi connectivity index (χ4n) is 2.47. The predicted octanol–water partition coefficient (Wildman–Crippen LogP) is 3.22. The van der Waals surface area contributed by atoms with E-state index in [9.17, 15) is 8.42 Å². The standard InChI is InChI=1S/C16H19ClN4O2S/c1-16(2,3)13-12(17)15-18-14(20-21(15)19-13)11-7-5-10(6-8-11)9-24(4,22)23/h5-8,19H,9H2,1-4H3. The number of nitrogens with zero attached hydrogens (tertiary/aromatic N) is 3. The van der Waals surface area contributed by atoms with Crippen LogP contribution in [0.15, 0.2) is 24.3 Å². The molecule has 0 aliphatic carbocycles. The molecule has 6 nitrogen and oxygen atoms in total. The number of fused-ring (bicyclic) bond motifs is 1. The second kappa shape index (κ2) is 5.60. The number of aromatic nitrogens is 4. The van der Waals surface area contributed by atoms with Gasteiger partial charge in [0.05, 0.1) is 11.4 Å². The van der Waals surface area contributed by atoms with Crippen LogP contribution < -0.4 is 0 Å². The van der Waals surface area contributed by atoms with E-state index in [1.807, 2.05) is 12.1 Å². The average molecular weight is 367 g/mol. The quantitative estimate of drug-likeness (QED) is 0.771. The summed E-state index contributed by atoms with van der Waals surface area (Å²) in [6, 6.07) is 7.17. The van der Waals surface area contributed by atoms with Crippen molar-refractivity contribution in [3.63, 3.8) is 0 Å². The molecule has 24 heavy (non-hydrogen) atoms. The van der Waals surface area contributed by atoms with Crippen LogP contribution in [0.4, 0.5) is 0 Å². The number of halogens is 1. The first-order valence-corrected chi connectivity index (χ1v) is 9.90. The molecule has 8 heteroatoms. The van der Waals surface area contributed by atoms with Crippen LogP contribution in [0.1, 0.15) is 32.0 Å². The van der Waals surface area contributed by atoms with Gasteiger partial charge in [0.15, 0.2) is 21.3 Å². The summed E-state index contributed by atoms with van der Waals surface area (Å²) in [5.41, 5.74) is 2.87. The second-order valence-electron chi connectivity index (χ2n) is 6.99. The normalized spacial score (nSPS) is 12.9. The number of rotatable bonds is 3. The predicted molar refractivity (Wildman–Crippen MR) is 95.0 cm³/mol. The maximum atomic E-state index is 11.3. The van der Waals surface area contributed by atoms with E-state index in [-0.39, 0.29) is 11.2 Å². The maximum Gasteiger partial charge on any atom is 0.194 e. The van der Waals surface area contributed by atoms with Crippen LogP contribution in [0.2, 0.25) is 5.02 Å². The highest BCUT2D eigenvalue weighted by Gasteiger charge is 2.24. The van der Waals surface area contributed by atoms with Crippen molar-refractivity contribution in [1.82, 2.24) is 19.8 Å². The van der Waals surface area contributed by atoms with E-state index in [4.69, 9.17) is 11.6 Å². The number of hydrogen-bond donors (Lipinski definition) is 1. The number of nitrogens with one attached hydrogen (secondary N) is 1. The summed E-state index contributed by atoms with van der Waals surface area (Å²) in [5.74, 6) is 0.556. The molecule has 0 aliphatic rings. The zero-order valence-electron chi connectivity index (χ0n) is 14.0. The van der Waals surface area contributed by atoms with Crippen LogP contribution in [0, 0.1) is 0 Å². The van der Waals surface area contributed by atoms with Gasteiger partial charge in [0, 0.05) is 17.2 Å². The molecule has 0 atom stereocenters. The smallest absolute Gasteiger partial charge is 0.194 e. The third-order valence-corrected chi connectivity index (χ3v) is 4.85. The van der Waals surface area contributed by atoms with Crippen molar-refractivity contribution in [3.05, 3.63) is 40.5 Å². The third kappa shape index (κ3) is 3.32. The van der Waals surface area contributed by atoms with Crippen LogP contribution in [0.25, 0.3) is 17.0 Å². The van der Waals surface area contributed by atoms with Crippen molar-refractivity contribution in [2.75, 3.05) is 6.26 Å². The Balaban J connectivity index is 1.96. The van der Waals surface area contributed by atoms with Crippen molar-refractivity contribution in [2.24, 2.45) is 0 Å². The minimum atomic E-state index is -3.05. The first-order chi connectivity index (χ1) is 11.0. The molecule has 128 valence electrons.